The Morgan fingerprint density at radius 3 is 2.53 bits per heavy atom. The van der Waals surface area contributed by atoms with E-state index in [2.05, 4.69) is 29.8 Å². The zero-order valence-electron chi connectivity index (χ0n) is 19.2. The van der Waals surface area contributed by atoms with Crippen LogP contribution < -0.4 is 10.1 Å². The van der Waals surface area contributed by atoms with Crippen LogP contribution in [0.4, 0.5) is 0 Å². The molecule has 6 nitrogen and oxygen atoms in total. The molecule has 0 radical (unpaired) electrons. The molecule has 0 aliphatic carbocycles. The molecular formula is C26H31N3O3. The summed E-state index contributed by atoms with van der Waals surface area (Å²) in [5.41, 5.74) is 2.58. The summed E-state index contributed by atoms with van der Waals surface area (Å²) in [6, 6.07) is 15.0. The molecule has 6 heteroatoms. The van der Waals surface area contributed by atoms with Crippen molar-refractivity contribution in [3.63, 3.8) is 0 Å². The van der Waals surface area contributed by atoms with Crippen LogP contribution >= 0.6 is 0 Å². The van der Waals surface area contributed by atoms with E-state index in [1.54, 1.807) is 42.3 Å². The van der Waals surface area contributed by atoms with E-state index in [1.807, 2.05) is 24.4 Å². The molecule has 0 aliphatic heterocycles. The number of rotatable bonds is 9. The number of unbranched alkanes of at least 4 members (excludes halogenated alkanes) is 1. The Kier molecular flexibility index (Phi) is 7.71. The number of aryl methyl sites for hydroxylation is 1. The number of nitrogens with one attached hydrogen (secondary N) is 1. The van der Waals surface area contributed by atoms with Gasteiger partial charge in [-0.05, 0) is 37.6 Å². The zero-order valence-corrected chi connectivity index (χ0v) is 19.2. The first-order valence-electron chi connectivity index (χ1n) is 11.0. The summed E-state index contributed by atoms with van der Waals surface area (Å²) < 4.78 is 7.45. The molecule has 1 heterocycles. The van der Waals surface area contributed by atoms with Crippen molar-refractivity contribution in [2.75, 3.05) is 20.7 Å². The molecule has 1 N–H and O–H groups in total. The van der Waals surface area contributed by atoms with Gasteiger partial charge in [0.1, 0.15) is 11.4 Å². The Morgan fingerprint density at radius 2 is 1.81 bits per heavy atom. The number of fused-ring (bicyclic) bond motifs is 1. The number of hydrogen-bond donors (Lipinski definition) is 1. The van der Waals surface area contributed by atoms with E-state index in [4.69, 9.17) is 4.74 Å². The van der Waals surface area contributed by atoms with Gasteiger partial charge < -0.3 is 19.5 Å². The zero-order chi connectivity index (χ0) is 23.1. The summed E-state index contributed by atoms with van der Waals surface area (Å²) in [4.78, 5) is 28.0. The monoisotopic (exact) mass is 433 g/mol. The minimum Gasteiger partial charge on any atom is -0.496 e. The first-order chi connectivity index (χ1) is 15.5. The Labute approximate surface area is 189 Å². The fraction of sp³-hybridized carbons (Fsp3) is 0.308. The largest absolute Gasteiger partial charge is 0.496 e. The summed E-state index contributed by atoms with van der Waals surface area (Å²) >= 11 is 0. The van der Waals surface area contributed by atoms with Crippen molar-refractivity contribution in [1.82, 2.24) is 14.8 Å². The van der Waals surface area contributed by atoms with Crippen molar-refractivity contribution in [3.8, 4) is 5.75 Å². The first-order valence-corrected chi connectivity index (χ1v) is 11.0. The van der Waals surface area contributed by atoms with E-state index in [9.17, 15) is 9.59 Å². The predicted octanol–water partition coefficient (Wildman–Crippen LogP) is 4.70. The predicted molar refractivity (Wildman–Crippen MR) is 129 cm³/mol. The van der Waals surface area contributed by atoms with E-state index in [0.29, 0.717) is 17.9 Å². The SMILES string of the molecule is CCCCN(C)C(=O)/C(=C/c1cn(CC)c2ccccc12)NC(=O)c1ccccc1OC. The van der Waals surface area contributed by atoms with Gasteiger partial charge in [0.05, 0.1) is 12.7 Å². The Hall–Kier alpha value is -3.54. The molecule has 0 unspecified atom stereocenters. The molecule has 2 amide bonds. The molecule has 0 spiro atoms. The van der Waals surface area contributed by atoms with Gasteiger partial charge in [0.2, 0.25) is 0 Å². The molecule has 3 rings (SSSR count). The van der Waals surface area contributed by atoms with E-state index in [1.165, 1.54) is 7.11 Å². The van der Waals surface area contributed by atoms with Crippen molar-refractivity contribution in [2.24, 2.45) is 0 Å². The molecule has 0 bridgehead atoms. The minimum absolute atomic E-state index is 0.227. The van der Waals surface area contributed by atoms with Crippen molar-refractivity contribution < 1.29 is 14.3 Å². The summed E-state index contributed by atoms with van der Waals surface area (Å²) in [6.07, 6.45) is 5.66. The van der Waals surface area contributed by atoms with Crippen LogP contribution in [0.3, 0.4) is 0 Å². The van der Waals surface area contributed by atoms with Crippen molar-refractivity contribution in [2.45, 2.75) is 33.2 Å². The highest BCUT2D eigenvalue weighted by Gasteiger charge is 2.20. The fourth-order valence-corrected chi connectivity index (χ4v) is 3.68. The average molecular weight is 434 g/mol. The second kappa shape index (κ2) is 10.7. The van der Waals surface area contributed by atoms with Gasteiger partial charge in [-0.15, -0.1) is 0 Å². The van der Waals surface area contributed by atoms with Crippen LogP contribution in [0, 0.1) is 0 Å². The highest BCUT2D eigenvalue weighted by Crippen LogP contribution is 2.24. The van der Waals surface area contributed by atoms with Gasteiger partial charge in [-0.3, -0.25) is 9.59 Å². The lowest BCUT2D eigenvalue weighted by Crippen LogP contribution is -2.36. The van der Waals surface area contributed by atoms with Gasteiger partial charge in [0, 0.05) is 42.8 Å². The third kappa shape index (κ3) is 5.02. The molecule has 0 fully saturated rings. The van der Waals surface area contributed by atoms with Crippen LogP contribution in [0.15, 0.2) is 60.4 Å². The summed E-state index contributed by atoms with van der Waals surface area (Å²) in [7, 11) is 3.28. The molecule has 32 heavy (non-hydrogen) atoms. The van der Waals surface area contributed by atoms with Gasteiger partial charge in [0.15, 0.2) is 0 Å². The number of para-hydroxylation sites is 2. The number of aromatic nitrogens is 1. The molecule has 2 aromatic carbocycles. The van der Waals surface area contributed by atoms with Gasteiger partial charge >= 0.3 is 0 Å². The number of benzene rings is 2. The molecule has 0 saturated heterocycles. The lowest BCUT2D eigenvalue weighted by Gasteiger charge is -2.19. The second-order valence-electron chi connectivity index (χ2n) is 7.68. The fourth-order valence-electron chi connectivity index (χ4n) is 3.68. The smallest absolute Gasteiger partial charge is 0.270 e. The lowest BCUT2D eigenvalue weighted by molar-refractivity contribution is -0.126. The highest BCUT2D eigenvalue weighted by atomic mass is 16.5. The van der Waals surface area contributed by atoms with E-state index in [0.717, 1.165) is 35.9 Å². The highest BCUT2D eigenvalue weighted by molar-refractivity contribution is 6.07. The normalized spacial score (nSPS) is 11.4. The van der Waals surface area contributed by atoms with Crippen LogP contribution in [-0.4, -0.2) is 42.0 Å². The molecule has 0 saturated carbocycles. The quantitative estimate of drug-likeness (QED) is 0.498. The molecule has 168 valence electrons. The second-order valence-corrected chi connectivity index (χ2v) is 7.68. The van der Waals surface area contributed by atoms with Gasteiger partial charge in [-0.2, -0.15) is 0 Å². The third-order valence-electron chi connectivity index (χ3n) is 5.48. The van der Waals surface area contributed by atoms with Crippen LogP contribution in [0.5, 0.6) is 5.75 Å². The Bertz CT molecular complexity index is 1130. The molecular weight excluding hydrogens is 402 g/mol. The van der Waals surface area contributed by atoms with Gasteiger partial charge in [0.25, 0.3) is 11.8 Å². The summed E-state index contributed by atoms with van der Waals surface area (Å²) in [5.74, 6) is -0.154. The van der Waals surface area contributed by atoms with Crippen LogP contribution in [0.25, 0.3) is 17.0 Å². The molecule has 1 aromatic heterocycles. The van der Waals surface area contributed by atoms with E-state index < -0.39 is 0 Å². The van der Waals surface area contributed by atoms with Crippen LogP contribution in [0.2, 0.25) is 0 Å². The molecule has 0 atom stereocenters. The maximum atomic E-state index is 13.3. The number of carbonyl (C=O) groups is 2. The summed E-state index contributed by atoms with van der Waals surface area (Å²) in [6.45, 7) is 5.58. The van der Waals surface area contributed by atoms with Gasteiger partial charge in [-0.25, -0.2) is 0 Å². The maximum Gasteiger partial charge on any atom is 0.270 e. The number of amides is 2. The van der Waals surface area contributed by atoms with Crippen molar-refractivity contribution in [1.29, 1.82) is 0 Å². The third-order valence-corrected chi connectivity index (χ3v) is 5.48. The number of likely N-dealkylation sites (N-methyl/N-ethyl adjacent to an activating group) is 1. The number of carbonyl (C=O) groups excluding carboxylic acids is 2. The molecule has 3 aromatic rings. The average Bonchev–Trinajstić information content (AvgIpc) is 3.19. The number of nitrogens with zero attached hydrogens (tertiary/aromatic N) is 2. The molecule has 0 aliphatic rings. The standard InChI is InChI=1S/C26H31N3O3/c1-5-7-16-28(3)26(31)22(27-25(30)21-13-9-11-15-24(21)32-4)17-19-18-29(6-2)23-14-10-8-12-20(19)23/h8-15,17-18H,5-7,16H2,1-4H3,(H,27,30)/b22-17-. The number of ether oxygens (including phenoxy) is 1. The lowest BCUT2D eigenvalue weighted by atomic mass is 10.1. The van der Waals surface area contributed by atoms with Crippen LogP contribution in [-0.2, 0) is 11.3 Å². The minimum atomic E-state index is -0.384. The maximum absolute atomic E-state index is 13.3. The van der Waals surface area contributed by atoms with Gasteiger partial charge in [-0.1, -0.05) is 43.7 Å². The van der Waals surface area contributed by atoms with Crippen molar-refractivity contribution in [3.05, 3.63) is 71.6 Å². The number of methoxy groups -OCH3 is 1. The Balaban J connectivity index is 2.03. The Morgan fingerprint density at radius 1 is 1.09 bits per heavy atom. The summed E-state index contributed by atoms with van der Waals surface area (Å²) in [5, 5.41) is 3.88. The van der Waals surface area contributed by atoms with E-state index >= 15 is 0 Å². The first kappa shape index (κ1) is 23.1. The van der Waals surface area contributed by atoms with Crippen LogP contribution in [0.1, 0.15) is 42.6 Å². The number of hydrogen-bond acceptors (Lipinski definition) is 3. The van der Waals surface area contributed by atoms with E-state index in [-0.39, 0.29) is 17.5 Å². The van der Waals surface area contributed by atoms with Crippen molar-refractivity contribution >= 4 is 28.8 Å². The topological polar surface area (TPSA) is 63.6 Å².